The molecule has 0 atom stereocenters. The van der Waals surface area contributed by atoms with Gasteiger partial charge in [0.1, 0.15) is 0 Å². The summed E-state index contributed by atoms with van der Waals surface area (Å²) in [6.45, 7) is 3.29. The normalized spacial score (nSPS) is 10.5. The van der Waals surface area contributed by atoms with Crippen LogP contribution < -0.4 is 14.8 Å². The first kappa shape index (κ1) is 19.9. The van der Waals surface area contributed by atoms with Crippen molar-refractivity contribution in [2.45, 2.75) is 19.9 Å². The van der Waals surface area contributed by atoms with Gasteiger partial charge < -0.3 is 19.4 Å². The van der Waals surface area contributed by atoms with E-state index in [0.717, 1.165) is 17.7 Å². The van der Waals surface area contributed by atoms with Gasteiger partial charge in [-0.2, -0.15) is 0 Å². The first-order chi connectivity index (χ1) is 13.6. The number of imidazole rings is 1. The molecule has 146 valence electrons. The predicted molar refractivity (Wildman–Crippen MR) is 112 cm³/mol. The van der Waals surface area contributed by atoms with E-state index in [0.29, 0.717) is 34.7 Å². The van der Waals surface area contributed by atoms with Gasteiger partial charge in [-0.3, -0.25) is 4.79 Å². The second-order valence-corrected chi connectivity index (χ2v) is 7.08. The summed E-state index contributed by atoms with van der Waals surface area (Å²) in [4.78, 5) is 16.8. The van der Waals surface area contributed by atoms with Crippen LogP contribution in [0.4, 0.5) is 5.69 Å². The molecule has 0 radical (unpaired) electrons. The van der Waals surface area contributed by atoms with Crippen LogP contribution in [0.25, 0.3) is 0 Å². The van der Waals surface area contributed by atoms with Crippen molar-refractivity contribution in [1.29, 1.82) is 0 Å². The highest BCUT2D eigenvalue weighted by atomic mass is 79.9. The van der Waals surface area contributed by atoms with E-state index in [2.05, 4.69) is 26.2 Å². The summed E-state index contributed by atoms with van der Waals surface area (Å²) in [6, 6.07) is 11.1. The molecule has 1 amide bonds. The van der Waals surface area contributed by atoms with Crippen LogP contribution in [0.3, 0.4) is 0 Å². The van der Waals surface area contributed by atoms with E-state index in [1.165, 1.54) is 0 Å². The summed E-state index contributed by atoms with van der Waals surface area (Å²) in [5.74, 6) is 0.894. The van der Waals surface area contributed by atoms with Crippen molar-refractivity contribution in [2.75, 3.05) is 19.0 Å². The van der Waals surface area contributed by atoms with Crippen molar-refractivity contribution in [2.24, 2.45) is 0 Å². The fraction of sp³-hybridized carbons (Fsp3) is 0.238. The molecule has 1 heterocycles. The van der Waals surface area contributed by atoms with Crippen LogP contribution >= 0.6 is 15.9 Å². The molecule has 0 bridgehead atoms. The number of hydrogen-bond donors (Lipinski definition) is 1. The Morgan fingerprint density at radius 2 is 2.14 bits per heavy atom. The number of methoxy groups -OCH3 is 1. The second-order valence-electron chi connectivity index (χ2n) is 6.23. The third kappa shape index (κ3) is 4.92. The number of nitrogens with zero attached hydrogens (tertiary/aromatic N) is 2. The number of halogens is 1. The van der Waals surface area contributed by atoms with Gasteiger partial charge in [0, 0.05) is 30.2 Å². The zero-order valence-electron chi connectivity index (χ0n) is 15.8. The monoisotopic (exact) mass is 443 g/mol. The average molecular weight is 444 g/mol. The zero-order chi connectivity index (χ0) is 19.9. The Morgan fingerprint density at radius 1 is 1.29 bits per heavy atom. The Morgan fingerprint density at radius 3 is 2.86 bits per heavy atom. The van der Waals surface area contributed by atoms with Gasteiger partial charge in [0.25, 0.3) is 5.91 Å². The topological polar surface area (TPSA) is 65.4 Å². The lowest BCUT2D eigenvalue weighted by Crippen LogP contribution is -2.13. The lowest BCUT2D eigenvalue weighted by Gasteiger charge is -2.14. The third-order valence-corrected chi connectivity index (χ3v) is 4.64. The minimum absolute atomic E-state index is 0.221. The average Bonchev–Trinajstić information content (AvgIpc) is 3.19. The molecule has 1 aromatic heterocycles. The molecule has 0 fully saturated rings. The molecule has 0 unspecified atom stereocenters. The van der Waals surface area contributed by atoms with E-state index < -0.39 is 0 Å². The first-order valence-corrected chi connectivity index (χ1v) is 9.76. The Bertz CT molecular complexity index is 942. The standard InChI is InChI=1S/C21H22BrN3O3/c1-3-9-28-20-18(22)11-16(12-19(20)27-2)21(26)24-17-6-4-5-15(10-17)13-25-8-7-23-14-25/h4-8,10-12,14H,3,9,13H2,1-2H3,(H,24,26). The van der Waals surface area contributed by atoms with E-state index in [1.54, 1.807) is 31.8 Å². The molecule has 3 rings (SSSR count). The Labute approximate surface area is 172 Å². The second kappa shape index (κ2) is 9.41. The first-order valence-electron chi connectivity index (χ1n) is 8.97. The maximum absolute atomic E-state index is 12.7. The molecule has 0 aliphatic heterocycles. The van der Waals surface area contributed by atoms with Gasteiger partial charge in [-0.1, -0.05) is 19.1 Å². The maximum atomic E-state index is 12.7. The lowest BCUT2D eigenvalue weighted by molar-refractivity contribution is 0.102. The Kier molecular flexibility index (Phi) is 6.71. The Balaban J connectivity index is 1.76. The van der Waals surface area contributed by atoms with Gasteiger partial charge in [-0.15, -0.1) is 0 Å². The molecule has 0 aliphatic carbocycles. The smallest absolute Gasteiger partial charge is 0.255 e. The van der Waals surface area contributed by atoms with Crippen molar-refractivity contribution >= 4 is 27.5 Å². The van der Waals surface area contributed by atoms with Gasteiger partial charge in [-0.25, -0.2) is 4.98 Å². The molecule has 1 N–H and O–H groups in total. The summed E-state index contributed by atoms with van der Waals surface area (Å²) in [5.41, 5.74) is 2.27. The fourth-order valence-corrected chi connectivity index (χ4v) is 3.29. The van der Waals surface area contributed by atoms with Crippen LogP contribution in [-0.2, 0) is 6.54 Å². The van der Waals surface area contributed by atoms with Crippen molar-refractivity contribution in [3.8, 4) is 11.5 Å². The van der Waals surface area contributed by atoms with Crippen LogP contribution in [0.15, 0.2) is 59.6 Å². The summed E-state index contributed by atoms with van der Waals surface area (Å²) < 4.78 is 13.8. The van der Waals surface area contributed by atoms with Crippen LogP contribution in [-0.4, -0.2) is 29.2 Å². The predicted octanol–water partition coefficient (Wildman–Crippen LogP) is 4.74. The summed E-state index contributed by atoms with van der Waals surface area (Å²) in [7, 11) is 1.56. The molecule has 28 heavy (non-hydrogen) atoms. The number of carbonyl (C=O) groups excluding carboxylic acids is 1. The molecule has 0 spiro atoms. The van der Waals surface area contributed by atoms with E-state index in [-0.39, 0.29) is 5.91 Å². The highest BCUT2D eigenvalue weighted by Crippen LogP contribution is 2.37. The van der Waals surface area contributed by atoms with Crippen molar-refractivity contribution in [1.82, 2.24) is 9.55 Å². The number of rotatable bonds is 8. The van der Waals surface area contributed by atoms with Gasteiger partial charge in [-0.05, 0) is 52.2 Å². The van der Waals surface area contributed by atoms with Crippen LogP contribution in [0.2, 0.25) is 0 Å². The maximum Gasteiger partial charge on any atom is 0.255 e. The lowest BCUT2D eigenvalue weighted by atomic mass is 10.1. The molecular formula is C21H22BrN3O3. The third-order valence-electron chi connectivity index (χ3n) is 4.05. The number of anilines is 1. The Hall–Kier alpha value is -2.80. The van der Waals surface area contributed by atoms with E-state index in [4.69, 9.17) is 9.47 Å². The van der Waals surface area contributed by atoms with Gasteiger partial charge in [0.15, 0.2) is 11.5 Å². The minimum Gasteiger partial charge on any atom is -0.493 e. The zero-order valence-corrected chi connectivity index (χ0v) is 17.4. The number of nitrogens with one attached hydrogen (secondary N) is 1. The number of benzene rings is 2. The van der Waals surface area contributed by atoms with E-state index in [1.807, 2.05) is 42.0 Å². The molecular weight excluding hydrogens is 422 g/mol. The van der Waals surface area contributed by atoms with Gasteiger partial charge in [0.2, 0.25) is 0 Å². The SMILES string of the molecule is CCCOc1c(Br)cc(C(=O)Nc2cccc(Cn3ccnc3)c2)cc1OC. The highest BCUT2D eigenvalue weighted by Gasteiger charge is 2.16. The molecule has 3 aromatic rings. The van der Waals surface area contributed by atoms with Crippen LogP contribution in [0, 0.1) is 0 Å². The number of ether oxygens (including phenoxy) is 2. The number of amides is 1. The minimum atomic E-state index is -0.221. The number of carbonyl (C=O) groups is 1. The molecule has 6 nitrogen and oxygen atoms in total. The molecule has 2 aromatic carbocycles. The van der Waals surface area contributed by atoms with Crippen molar-refractivity contribution in [3.05, 3.63) is 70.7 Å². The van der Waals surface area contributed by atoms with Gasteiger partial charge >= 0.3 is 0 Å². The summed E-state index contributed by atoms with van der Waals surface area (Å²) in [5, 5.41) is 2.94. The van der Waals surface area contributed by atoms with Crippen LogP contribution in [0.5, 0.6) is 11.5 Å². The quantitative estimate of drug-likeness (QED) is 0.545. The largest absolute Gasteiger partial charge is 0.493 e. The van der Waals surface area contributed by atoms with Crippen molar-refractivity contribution < 1.29 is 14.3 Å². The summed E-state index contributed by atoms with van der Waals surface area (Å²) >= 11 is 3.47. The number of hydrogen-bond acceptors (Lipinski definition) is 4. The van der Waals surface area contributed by atoms with Gasteiger partial charge in [0.05, 0.1) is 24.5 Å². The van der Waals surface area contributed by atoms with Crippen molar-refractivity contribution in [3.63, 3.8) is 0 Å². The fourth-order valence-electron chi connectivity index (χ4n) is 2.74. The highest BCUT2D eigenvalue weighted by molar-refractivity contribution is 9.10. The summed E-state index contributed by atoms with van der Waals surface area (Å²) in [6.07, 6.45) is 6.28. The number of aromatic nitrogens is 2. The van der Waals surface area contributed by atoms with E-state index in [9.17, 15) is 4.79 Å². The molecule has 0 aliphatic rings. The molecule has 7 heteroatoms. The van der Waals surface area contributed by atoms with Crippen LogP contribution in [0.1, 0.15) is 29.3 Å². The molecule has 0 saturated carbocycles. The van der Waals surface area contributed by atoms with E-state index >= 15 is 0 Å². The molecule has 0 saturated heterocycles.